The fraction of sp³-hybridized carbons (Fsp3) is 0.263. The quantitative estimate of drug-likeness (QED) is 0.806. The molecule has 0 spiro atoms. The van der Waals surface area contributed by atoms with E-state index < -0.39 is 0 Å². The Morgan fingerprint density at radius 3 is 2.35 bits per heavy atom. The lowest BCUT2D eigenvalue weighted by atomic mass is 10.2. The van der Waals surface area contributed by atoms with Crippen molar-refractivity contribution in [1.29, 1.82) is 0 Å². The van der Waals surface area contributed by atoms with Gasteiger partial charge >= 0.3 is 0 Å². The average Bonchev–Trinajstić information content (AvgIpc) is 2.64. The second-order valence-electron chi connectivity index (χ2n) is 5.47. The molecule has 0 saturated carbocycles. The number of nitrogens with one attached hydrogen (secondary N) is 1. The summed E-state index contributed by atoms with van der Waals surface area (Å²) < 4.78 is 10.6. The fourth-order valence-corrected chi connectivity index (χ4v) is 2.57. The van der Waals surface area contributed by atoms with Gasteiger partial charge in [-0.3, -0.25) is 9.59 Å². The van der Waals surface area contributed by atoms with Gasteiger partial charge in [0.2, 0.25) is 5.91 Å². The monoisotopic (exact) mass is 376 g/mol. The van der Waals surface area contributed by atoms with Gasteiger partial charge in [0.05, 0.1) is 19.9 Å². The minimum Gasteiger partial charge on any atom is -0.497 e. The number of amides is 2. The molecular formula is C19H21ClN2O4. The van der Waals surface area contributed by atoms with Gasteiger partial charge in [-0.15, -0.1) is 0 Å². The van der Waals surface area contributed by atoms with E-state index >= 15 is 0 Å². The van der Waals surface area contributed by atoms with Crippen molar-refractivity contribution >= 4 is 29.1 Å². The molecule has 1 N–H and O–H groups in total. The van der Waals surface area contributed by atoms with Crippen LogP contribution < -0.4 is 19.7 Å². The van der Waals surface area contributed by atoms with Crippen molar-refractivity contribution in [2.24, 2.45) is 0 Å². The highest BCUT2D eigenvalue weighted by atomic mass is 35.5. The molecule has 0 aliphatic heterocycles. The molecule has 26 heavy (non-hydrogen) atoms. The van der Waals surface area contributed by atoms with Crippen LogP contribution in [0.1, 0.15) is 17.3 Å². The summed E-state index contributed by atoms with van der Waals surface area (Å²) in [6.45, 7) is 2.03. The minimum absolute atomic E-state index is 0.169. The van der Waals surface area contributed by atoms with Gasteiger partial charge in [0.25, 0.3) is 5.91 Å². The highest BCUT2D eigenvalue weighted by Crippen LogP contribution is 2.32. The number of benzene rings is 2. The number of hydrogen-bond donors (Lipinski definition) is 1. The van der Waals surface area contributed by atoms with Crippen LogP contribution in [0.15, 0.2) is 42.5 Å². The molecule has 0 heterocycles. The van der Waals surface area contributed by atoms with Gasteiger partial charge in [-0.25, -0.2) is 0 Å². The van der Waals surface area contributed by atoms with Crippen LogP contribution in [0.4, 0.5) is 5.69 Å². The van der Waals surface area contributed by atoms with Crippen molar-refractivity contribution in [3.63, 3.8) is 0 Å². The van der Waals surface area contributed by atoms with Gasteiger partial charge in [-0.2, -0.15) is 0 Å². The zero-order valence-electron chi connectivity index (χ0n) is 14.9. The maximum atomic E-state index is 12.2. The Morgan fingerprint density at radius 1 is 1.08 bits per heavy atom. The Bertz CT molecular complexity index is 778. The van der Waals surface area contributed by atoms with E-state index in [4.69, 9.17) is 21.1 Å². The number of carbonyl (C=O) groups is 2. The second kappa shape index (κ2) is 9.10. The molecule has 0 aliphatic carbocycles. The van der Waals surface area contributed by atoms with E-state index in [1.807, 2.05) is 0 Å². The Morgan fingerprint density at radius 2 is 1.77 bits per heavy atom. The Labute approximate surface area is 157 Å². The lowest BCUT2D eigenvalue weighted by molar-refractivity contribution is -0.116. The molecule has 0 unspecified atom stereocenters. The minimum atomic E-state index is -0.234. The number of carbonyl (C=O) groups excluding carboxylic acids is 2. The van der Waals surface area contributed by atoms with Crippen LogP contribution in [-0.2, 0) is 4.79 Å². The maximum absolute atomic E-state index is 12.2. The summed E-state index contributed by atoms with van der Waals surface area (Å²) in [5, 5.41) is 3.36. The Balaban J connectivity index is 2.08. The highest BCUT2D eigenvalue weighted by molar-refractivity contribution is 6.30. The van der Waals surface area contributed by atoms with Crippen LogP contribution >= 0.6 is 11.6 Å². The highest BCUT2D eigenvalue weighted by Gasteiger charge is 2.17. The van der Waals surface area contributed by atoms with Crippen LogP contribution in [0.25, 0.3) is 0 Å². The van der Waals surface area contributed by atoms with Crippen LogP contribution in [-0.4, -0.2) is 39.1 Å². The summed E-state index contributed by atoms with van der Waals surface area (Å²) in [5.74, 6) is 0.752. The fourth-order valence-electron chi connectivity index (χ4n) is 2.44. The van der Waals surface area contributed by atoms with Gasteiger partial charge in [0.15, 0.2) is 0 Å². The first-order chi connectivity index (χ1) is 12.5. The number of methoxy groups -OCH3 is 2. The van der Waals surface area contributed by atoms with E-state index in [1.54, 1.807) is 49.6 Å². The molecule has 2 amide bonds. The van der Waals surface area contributed by atoms with Crippen LogP contribution in [0, 0.1) is 0 Å². The Hall–Kier alpha value is -2.73. The van der Waals surface area contributed by atoms with Crippen molar-refractivity contribution in [1.82, 2.24) is 5.32 Å². The molecule has 0 saturated heterocycles. The molecule has 0 fully saturated rings. The molecule has 138 valence electrons. The smallest absolute Gasteiger partial charge is 0.251 e. The zero-order valence-corrected chi connectivity index (χ0v) is 15.7. The zero-order chi connectivity index (χ0) is 19.1. The van der Waals surface area contributed by atoms with Crippen LogP contribution in [0.2, 0.25) is 5.02 Å². The number of ether oxygens (including phenoxy) is 2. The van der Waals surface area contributed by atoms with E-state index in [-0.39, 0.29) is 24.9 Å². The number of halogens is 1. The third-order valence-corrected chi connectivity index (χ3v) is 4.04. The number of anilines is 1. The lowest BCUT2D eigenvalue weighted by Crippen LogP contribution is -2.37. The molecule has 0 aromatic heterocycles. The molecule has 2 aromatic rings. The molecule has 0 atom stereocenters. The van der Waals surface area contributed by atoms with E-state index in [9.17, 15) is 9.59 Å². The standard InChI is InChI=1S/C19H21ClN2O4/c1-13(23)22(17-12-16(25-2)8-9-18(17)26-3)11-10-21-19(24)14-4-6-15(20)7-5-14/h4-9,12H,10-11H2,1-3H3,(H,21,24). The van der Waals surface area contributed by atoms with Crippen molar-refractivity contribution in [3.8, 4) is 11.5 Å². The van der Waals surface area contributed by atoms with Crippen molar-refractivity contribution in [2.45, 2.75) is 6.92 Å². The molecule has 2 aromatic carbocycles. The largest absolute Gasteiger partial charge is 0.497 e. The molecule has 6 nitrogen and oxygen atoms in total. The summed E-state index contributed by atoms with van der Waals surface area (Å²) in [6, 6.07) is 11.8. The predicted molar refractivity (Wildman–Crippen MR) is 101 cm³/mol. The van der Waals surface area contributed by atoms with Gasteiger partial charge in [-0.1, -0.05) is 11.6 Å². The van der Waals surface area contributed by atoms with Crippen LogP contribution in [0.5, 0.6) is 11.5 Å². The molecule has 0 aliphatic rings. The van der Waals surface area contributed by atoms with E-state index in [2.05, 4.69) is 5.32 Å². The first-order valence-corrected chi connectivity index (χ1v) is 8.38. The van der Waals surface area contributed by atoms with Crippen molar-refractivity contribution < 1.29 is 19.1 Å². The maximum Gasteiger partial charge on any atom is 0.251 e. The number of nitrogens with zero attached hydrogens (tertiary/aromatic N) is 1. The van der Waals surface area contributed by atoms with Crippen molar-refractivity contribution in [3.05, 3.63) is 53.1 Å². The lowest BCUT2D eigenvalue weighted by Gasteiger charge is -2.24. The summed E-state index contributed by atoms with van der Waals surface area (Å²) in [5.41, 5.74) is 1.09. The normalized spacial score (nSPS) is 10.2. The third kappa shape index (κ3) is 4.89. The number of rotatable bonds is 7. The van der Waals surface area contributed by atoms with Gasteiger partial charge in [-0.05, 0) is 36.4 Å². The van der Waals surface area contributed by atoms with Crippen molar-refractivity contribution in [2.75, 3.05) is 32.2 Å². The van der Waals surface area contributed by atoms with E-state index in [0.29, 0.717) is 27.8 Å². The van der Waals surface area contributed by atoms with E-state index in [0.717, 1.165) is 0 Å². The average molecular weight is 377 g/mol. The van der Waals surface area contributed by atoms with Gasteiger partial charge in [0, 0.05) is 36.7 Å². The topological polar surface area (TPSA) is 67.9 Å². The summed E-state index contributed by atoms with van der Waals surface area (Å²) >= 11 is 5.82. The first-order valence-electron chi connectivity index (χ1n) is 8.00. The summed E-state index contributed by atoms with van der Waals surface area (Å²) in [4.78, 5) is 25.8. The van der Waals surface area contributed by atoms with Gasteiger partial charge < -0.3 is 19.7 Å². The van der Waals surface area contributed by atoms with E-state index in [1.165, 1.54) is 18.9 Å². The molecule has 7 heteroatoms. The SMILES string of the molecule is COc1ccc(OC)c(N(CCNC(=O)c2ccc(Cl)cc2)C(C)=O)c1. The molecule has 0 radical (unpaired) electrons. The second-order valence-corrected chi connectivity index (χ2v) is 5.91. The number of hydrogen-bond acceptors (Lipinski definition) is 4. The third-order valence-electron chi connectivity index (χ3n) is 3.78. The summed E-state index contributed by atoms with van der Waals surface area (Å²) in [7, 11) is 3.09. The summed E-state index contributed by atoms with van der Waals surface area (Å²) in [6.07, 6.45) is 0. The molecule has 0 bridgehead atoms. The first kappa shape index (κ1) is 19.6. The predicted octanol–water partition coefficient (Wildman–Crippen LogP) is 3.14. The van der Waals surface area contributed by atoms with Crippen LogP contribution in [0.3, 0.4) is 0 Å². The molecular weight excluding hydrogens is 356 g/mol. The Kier molecular flexibility index (Phi) is 6.86. The molecule has 2 rings (SSSR count). The van der Waals surface area contributed by atoms with Gasteiger partial charge in [0.1, 0.15) is 11.5 Å².